The molecule has 0 bridgehead atoms. The van der Waals surface area contributed by atoms with Crippen molar-refractivity contribution in [3.8, 4) is 11.5 Å². The Kier molecular flexibility index (Phi) is 12.2. The molecule has 3 aromatic carbocycles. The van der Waals surface area contributed by atoms with E-state index in [1.165, 1.54) is 23.3 Å². The van der Waals surface area contributed by atoms with E-state index in [1.807, 2.05) is 12.1 Å². The average Bonchev–Trinajstić information content (AvgIpc) is 2.93. The van der Waals surface area contributed by atoms with Gasteiger partial charge in [-0.25, -0.2) is 9.59 Å². The summed E-state index contributed by atoms with van der Waals surface area (Å²) in [5.41, 5.74) is 2.06. The van der Waals surface area contributed by atoms with Crippen molar-refractivity contribution in [3.63, 3.8) is 0 Å². The normalized spacial score (nSPS) is 10.7. The summed E-state index contributed by atoms with van der Waals surface area (Å²) in [5.74, 6) is -2.06. The summed E-state index contributed by atoms with van der Waals surface area (Å²) < 4.78 is 11.8. The predicted octanol–water partition coefficient (Wildman–Crippen LogP) is 7.45. The van der Waals surface area contributed by atoms with Crippen LogP contribution in [-0.2, 0) is 12.8 Å². The number of aryl methyl sites for hydroxylation is 2. The maximum Gasteiger partial charge on any atom is 0.336 e. The van der Waals surface area contributed by atoms with E-state index < -0.39 is 11.9 Å². The molecule has 0 saturated heterocycles. The number of ether oxygens (including phenoxy) is 2. The van der Waals surface area contributed by atoms with E-state index in [1.54, 1.807) is 0 Å². The van der Waals surface area contributed by atoms with Crippen LogP contribution in [0.15, 0.2) is 72.8 Å². The van der Waals surface area contributed by atoms with Crippen LogP contribution in [0.1, 0.15) is 83.2 Å². The smallest absolute Gasteiger partial charge is 0.336 e. The molecule has 0 saturated carbocycles. The lowest BCUT2D eigenvalue weighted by atomic mass is 10.1. The molecule has 6 heteroatoms. The van der Waals surface area contributed by atoms with E-state index in [0.29, 0.717) is 13.2 Å². The largest absolute Gasteiger partial charge is 0.490 e. The summed E-state index contributed by atoms with van der Waals surface area (Å²) in [5, 5.41) is 19.0. The lowest BCUT2D eigenvalue weighted by molar-refractivity contribution is 0.0650. The van der Waals surface area contributed by atoms with Crippen LogP contribution in [0.5, 0.6) is 11.5 Å². The second-order valence-electron chi connectivity index (χ2n) is 9.45. The fraction of sp³-hybridized carbons (Fsp3) is 0.375. The van der Waals surface area contributed by atoms with Gasteiger partial charge < -0.3 is 19.7 Å². The Bertz CT molecular complexity index is 1040. The molecule has 0 fully saturated rings. The molecular weight excluding hydrogens is 480 g/mol. The first kappa shape index (κ1) is 28.8. The molecule has 0 aromatic heterocycles. The topological polar surface area (TPSA) is 93.1 Å². The first-order chi connectivity index (χ1) is 18.5. The third kappa shape index (κ3) is 9.92. The molecule has 0 aliphatic rings. The van der Waals surface area contributed by atoms with Gasteiger partial charge in [-0.15, -0.1) is 0 Å². The first-order valence-electron chi connectivity index (χ1n) is 13.5. The van der Waals surface area contributed by atoms with E-state index in [2.05, 4.69) is 48.5 Å². The van der Waals surface area contributed by atoms with Crippen LogP contribution in [0.4, 0.5) is 0 Å². The zero-order chi connectivity index (χ0) is 27.0. The number of carbonyl (C=O) groups is 2. The number of carboxylic acid groups (broad SMARTS) is 2. The van der Waals surface area contributed by atoms with Crippen molar-refractivity contribution in [1.29, 1.82) is 0 Å². The van der Waals surface area contributed by atoms with Crippen LogP contribution in [0.2, 0.25) is 0 Å². The Hall–Kier alpha value is -3.80. The van der Waals surface area contributed by atoms with Crippen molar-refractivity contribution in [3.05, 3.63) is 95.1 Å². The highest BCUT2D eigenvalue weighted by Gasteiger charge is 2.21. The summed E-state index contributed by atoms with van der Waals surface area (Å²) in [6, 6.07) is 23.3. The fourth-order valence-electron chi connectivity index (χ4n) is 4.36. The maximum atomic E-state index is 11.7. The van der Waals surface area contributed by atoms with Gasteiger partial charge in [-0.1, -0.05) is 86.3 Å². The Balaban J connectivity index is 1.46. The van der Waals surface area contributed by atoms with Crippen molar-refractivity contribution in [2.45, 2.75) is 64.2 Å². The Morgan fingerprint density at radius 2 is 0.895 bits per heavy atom. The summed E-state index contributed by atoms with van der Waals surface area (Å²) in [7, 11) is 0. The van der Waals surface area contributed by atoms with Crippen molar-refractivity contribution < 1.29 is 29.3 Å². The maximum absolute atomic E-state index is 11.7. The zero-order valence-corrected chi connectivity index (χ0v) is 21.9. The van der Waals surface area contributed by atoms with E-state index in [-0.39, 0.29) is 22.6 Å². The fourth-order valence-corrected chi connectivity index (χ4v) is 4.36. The highest BCUT2D eigenvalue weighted by molar-refractivity contribution is 6.02. The number of aromatic carboxylic acids is 2. The van der Waals surface area contributed by atoms with Crippen molar-refractivity contribution in [2.24, 2.45) is 0 Å². The molecule has 0 aliphatic carbocycles. The summed E-state index contributed by atoms with van der Waals surface area (Å²) >= 11 is 0. The van der Waals surface area contributed by atoms with E-state index >= 15 is 0 Å². The van der Waals surface area contributed by atoms with E-state index in [9.17, 15) is 19.8 Å². The van der Waals surface area contributed by atoms with Gasteiger partial charge in [-0.3, -0.25) is 0 Å². The Labute approximate surface area is 225 Å². The molecule has 0 amide bonds. The SMILES string of the molecule is O=C(O)c1cc(OCCCCCCc2ccccc2)c(OCCCCCCc2ccccc2)cc1C(=O)O. The van der Waals surface area contributed by atoms with Crippen LogP contribution in [0.25, 0.3) is 0 Å². The zero-order valence-electron chi connectivity index (χ0n) is 21.9. The molecule has 0 unspecified atom stereocenters. The molecule has 0 spiro atoms. The number of benzene rings is 3. The van der Waals surface area contributed by atoms with Crippen molar-refractivity contribution in [2.75, 3.05) is 13.2 Å². The molecule has 38 heavy (non-hydrogen) atoms. The number of rotatable bonds is 18. The Morgan fingerprint density at radius 1 is 0.526 bits per heavy atom. The van der Waals surface area contributed by atoms with E-state index in [4.69, 9.17) is 9.47 Å². The summed E-state index contributed by atoms with van der Waals surface area (Å²) in [6.07, 6.45) is 10.1. The number of hydrogen-bond donors (Lipinski definition) is 2. The van der Waals surface area contributed by atoms with Gasteiger partial charge in [0.25, 0.3) is 0 Å². The van der Waals surface area contributed by atoms with Crippen LogP contribution in [0, 0.1) is 0 Å². The van der Waals surface area contributed by atoms with Crippen molar-refractivity contribution in [1.82, 2.24) is 0 Å². The number of hydrogen-bond acceptors (Lipinski definition) is 4. The molecule has 0 atom stereocenters. The molecule has 0 aliphatic heterocycles. The molecule has 3 aromatic rings. The molecular formula is C32H38O6. The minimum absolute atomic E-state index is 0.278. The summed E-state index contributed by atoms with van der Waals surface area (Å²) in [6.45, 7) is 0.819. The highest BCUT2D eigenvalue weighted by atomic mass is 16.5. The van der Waals surface area contributed by atoms with E-state index in [0.717, 1.165) is 64.2 Å². The minimum atomic E-state index is -1.31. The van der Waals surface area contributed by atoms with Gasteiger partial charge >= 0.3 is 11.9 Å². The third-order valence-corrected chi connectivity index (χ3v) is 6.47. The lowest BCUT2D eigenvalue weighted by Crippen LogP contribution is -2.11. The molecule has 0 heterocycles. The van der Waals surface area contributed by atoms with Gasteiger partial charge in [0, 0.05) is 0 Å². The third-order valence-electron chi connectivity index (χ3n) is 6.47. The second kappa shape index (κ2) is 16.1. The number of carboxylic acids is 2. The van der Waals surface area contributed by atoms with Crippen LogP contribution < -0.4 is 9.47 Å². The second-order valence-corrected chi connectivity index (χ2v) is 9.45. The molecule has 2 N–H and O–H groups in total. The van der Waals surface area contributed by atoms with Gasteiger partial charge in [0.2, 0.25) is 0 Å². The molecule has 3 rings (SSSR count). The van der Waals surface area contributed by atoms with Gasteiger partial charge in [0.1, 0.15) is 0 Å². The van der Waals surface area contributed by atoms with Gasteiger partial charge in [-0.2, -0.15) is 0 Å². The van der Waals surface area contributed by atoms with Crippen LogP contribution in [-0.4, -0.2) is 35.4 Å². The standard InChI is InChI=1S/C32H38O6/c33-31(34)27-23-29(37-21-13-3-1-7-15-25-17-9-5-10-18-25)30(24-28(27)32(35)36)38-22-14-4-2-8-16-26-19-11-6-12-20-26/h5-6,9-12,17-20,23-24H,1-4,7-8,13-16,21-22H2,(H,33,34)(H,35,36). The summed E-state index contributed by atoms with van der Waals surface area (Å²) in [4.78, 5) is 23.3. The molecule has 202 valence electrons. The van der Waals surface area contributed by atoms with Gasteiger partial charge in [-0.05, 0) is 61.8 Å². The number of unbranched alkanes of at least 4 members (excludes halogenated alkanes) is 6. The predicted molar refractivity (Wildman–Crippen MR) is 149 cm³/mol. The van der Waals surface area contributed by atoms with Crippen molar-refractivity contribution >= 4 is 11.9 Å². The first-order valence-corrected chi connectivity index (χ1v) is 13.5. The highest BCUT2D eigenvalue weighted by Crippen LogP contribution is 2.32. The molecule has 0 radical (unpaired) electrons. The van der Waals surface area contributed by atoms with Crippen LogP contribution >= 0.6 is 0 Å². The van der Waals surface area contributed by atoms with Gasteiger partial charge in [0.15, 0.2) is 11.5 Å². The van der Waals surface area contributed by atoms with Gasteiger partial charge in [0.05, 0.1) is 24.3 Å². The lowest BCUT2D eigenvalue weighted by Gasteiger charge is -2.15. The quantitative estimate of drug-likeness (QED) is 0.170. The van der Waals surface area contributed by atoms with Crippen LogP contribution in [0.3, 0.4) is 0 Å². The average molecular weight is 519 g/mol. The Morgan fingerprint density at radius 3 is 1.26 bits per heavy atom. The molecule has 6 nitrogen and oxygen atoms in total. The minimum Gasteiger partial charge on any atom is -0.490 e. The monoisotopic (exact) mass is 518 g/mol.